The molecule has 6 nitrogen and oxygen atoms in total. The molecule has 2 amide bonds. The predicted molar refractivity (Wildman–Crippen MR) is 121 cm³/mol. The number of ether oxygens (including phenoxy) is 1. The molecule has 0 aromatic heterocycles. The molecule has 1 aliphatic heterocycles. The van der Waals surface area contributed by atoms with Crippen LogP contribution in [0.4, 0.5) is 5.69 Å². The second-order valence-corrected chi connectivity index (χ2v) is 8.62. The zero-order chi connectivity index (χ0) is 21.6. The minimum atomic E-state index is -0.0549. The first-order chi connectivity index (χ1) is 15.1. The van der Waals surface area contributed by atoms with E-state index >= 15 is 0 Å². The first-order valence-corrected chi connectivity index (χ1v) is 11.1. The molecule has 164 valence electrons. The van der Waals surface area contributed by atoms with Crippen molar-refractivity contribution in [3.05, 3.63) is 59.7 Å². The van der Waals surface area contributed by atoms with Gasteiger partial charge in [0.15, 0.2) is 0 Å². The van der Waals surface area contributed by atoms with E-state index in [0.29, 0.717) is 18.0 Å². The molecule has 0 atom stereocenters. The van der Waals surface area contributed by atoms with Gasteiger partial charge in [0.1, 0.15) is 5.75 Å². The van der Waals surface area contributed by atoms with Crippen LogP contribution in [0.2, 0.25) is 0 Å². The Morgan fingerprint density at radius 3 is 2.26 bits per heavy atom. The van der Waals surface area contributed by atoms with Crippen molar-refractivity contribution in [1.82, 2.24) is 10.2 Å². The molecule has 1 saturated heterocycles. The molecule has 31 heavy (non-hydrogen) atoms. The summed E-state index contributed by atoms with van der Waals surface area (Å²) in [6.07, 6.45) is 4.13. The Hall–Kier alpha value is -2.86. The second kappa shape index (κ2) is 9.96. The quantitative estimate of drug-likeness (QED) is 0.682. The SMILES string of the molecule is COc1ccc(CN2CCC(CNC(=O)c3ccc(NC(=O)C4CC4)cc3)CC2)cc1. The summed E-state index contributed by atoms with van der Waals surface area (Å²) < 4.78 is 5.22. The molecule has 0 spiro atoms. The number of carbonyl (C=O) groups excluding carboxylic acids is 2. The Labute approximate surface area is 184 Å². The minimum Gasteiger partial charge on any atom is -0.497 e. The number of hydrogen-bond donors (Lipinski definition) is 2. The molecule has 6 heteroatoms. The lowest BCUT2D eigenvalue weighted by Crippen LogP contribution is -2.38. The summed E-state index contributed by atoms with van der Waals surface area (Å²) in [5.74, 6) is 1.59. The molecule has 1 aliphatic carbocycles. The van der Waals surface area contributed by atoms with Gasteiger partial charge in [0.05, 0.1) is 7.11 Å². The van der Waals surface area contributed by atoms with Gasteiger partial charge >= 0.3 is 0 Å². The van der Waals surface area contributed by atoms with Gasteiger partial charge in [-0.1, -0.05) is 12.1 Å². The van der Waals surface area contributed by atoms with Crippen molar-refractivity contribution in [2.45, 2.75) is 32.2 Å². The van der Waals surface area contributed by atoms with Gasteiger partial charge in [-0.3, -0.25) is 14.5 Å². The number of piperidine rings is 1. The Kier molecular flexibility index (Phi) is 6.87. The number of anilines is 1. The summed E-state index contributed by atoms with van der Waals surface area (Å²) >= 11 is 0. The van der Waals surface area contributed by atoms with Crippen molar-refractivity contribution in [3.63, 3.8) is 0 Å². The van der Waals surface area contributed by atoms with Crippen molar-refractivity contribution in [1.29, 1.82) is 0 Å². The fourth-order valence-electron chi connectivity index (χ4n) is 3.97. The van der Waals surface area contributed by atoms with Crippen LogP contribution in [0.3, 0.4) is 0 Å². The third-order valence-corrected chi connectivity index (χ3v) is 6.19. The molecule has 1 saturated carbocycles. The Bertz CT molecular complexity index is 883. The van der Waals surface area contributed by atoms with Gasteiger partial charge in [0.25, 0.3) is 5.91 Å². The largest absolute Gasteiger partial charge is 0.497 e. The topological polar surface area (TPSA) is 70.7 Å². The molecule has 2 N–H and O–H groups in total. The number of amides is 2. The highest BCUT2D eigenvalue weighted by Gasteiger charge is 2.29. The van der Waals surface area contributed by atoms with E-state index in [0.717, 1.165) is 56.8 Å². The summed E-state index contributed by atoms with van der Waals surface area (Å²) in [7, 11) is 1.68. The maximum atomic E-state index is 12.5. The number of likely N-dealkylation sites (tertiary alicyclic amines) is 1. The minimum absolute atomic E-state index is 0.0549. The van der Waals surface area contributed by atoms with E-state index in [1.165, 1.54) is 5.56 Å². The van der Waals surface area contributed by atoms with Crippen molar-refractivity contribution < 1.29 is 14.3 Å². The third-order valence-electron chi connectivity index (χ3n) is 6.19. The summed E-state index contributed by atoms with van der Waals surface area (Å²) in [4.78, 5) is 26.8. The van der Waals surface area contributed by atoms with Crippen LogP contribution in [0.15, 0.2) is 48.5 Å². The van der Waals surface area contributed by atoms with Crippen molar-refractivity contribution >= 4 is 17.5 Å². The number of benzene rings is 2. The van der Waals surface area contributed by atoms with E-state index in [9.17, 15) is 9.59 Å². The molecule has 0 unspecified atom stereocenters. The highest BCUT2D eigenvalue weighted by Crippen LogP contribution is 2.30. The van der Waals surface area contributed by atoms with E-state index < -0.39 is 0 Å². The number of hydrogen-bond acceptors (Lipinski definition) is 4. The molecule has 4 rings (SSSR count). The van der Waals surface area contributed by atoms with Gasteiger partial charge < -0.3 is 15.4 Å². The fraction of sp³-hybridized carbons (Fsp3) is 0.440. The lowest BCUT2D eigenvalue weighted by Gasteiger charge is -2.32. The van der Waals surface area contributed by atoms with Crippen LogP contribution < -0.4 is 15.4 Å². The molecule has 1 heterocycles. The number of carbonyl (C=O) groups is 2. The number of rotatable bonds is 8. The highest BCUT2D eigenvalue weighted by atomic mass is 16.5. The third kappa shape index (κ3) is 6.07. The van der Waals surface area contributed by atoms with E-state index in [1.807, 2.05) is 12.1 Å². The van der Waals surface area contributed by atoms with Crippen LogP contribution in [0, 0.1) is 11.8 Å². The van der Waals surface area contributed by atoms with Gasteiger partial charge in [-0.05, 0) is 86.7 Å². The maximum Gasteiger partial charge on any atom is 0.251 e. The summed E-state index contributed by atoms with van der Waals surface area (Å²) in [6, 6.07) is 15.4. The Balaban J connectivity index is 1.17. The first-order valence-electron chi connectivity index (χ1n) is 11.1. The van der Waals surface area contributed by atoms with Crippen molar-refractivity contribution in [2.75, 3.05) is 32.1 Å². The first kappa shape index (κ1) is 21.4. The normalized spacial score (nSPS) is 17.2. The smallest absolute Gasteiger partial charge is 0.251 e. The molecule has 2 fully saturated rings. The fourth-order valence-corrected chi connectivity index (χ4v) is 3.97. The van der Waals surface area contributed by atoms with Crippen molar-refractivity contribution in [2.24, 2.45) is 11.8 Å². The van der Waals surface area contributed by atoms with Crippen LogP contribution in [0.5, 0.6) is 5.75 Å². The average molecular weight is 422 g/mol. The molecule has 0 radical (unpaired) electrons. The van der Waals surface area contributed by atoms with Crippen molar-refractivity contribution in [3.8, 4) is 5.75 Å². The molecule has 2 aromatic carbocycles. The number of nitrogens with one attached hydrogen (secondary N) is 2. The van der Waals surface area contributed by atoms with Gasteiger partial charge in [-0.2, -0.15) is 0 Å². The zero-order valence-corrected chi connectivity index (χ0v) is 18.1. The van der Waals surface area contributed by atoms with E-state index in [1.54, 1.807) is 31.4 Å². The van der Waals surface area contributed by atoms with Gasteiger partial charge in [-0.15, -0.1) is 0 Å². The van der Waals surface area contributed by atoms with Gasteiger partial charge in [0, 0.05) is 30.3 Å². The van der Waals surface area contributed by atoms with Crippen LogP contribution >= 0.6 is 0 Å². The predicted octanol–water partition coefficient (Wildman–Crippen LogP) is 3.69. The number of nitrogens with zero attached hydrogens (tertiary/aromatic N) is 1. The maximum absolute atomic E-state index is 12.5. The van der Waals surface area contributed by atoms with Crippen LogP contribution in [0.25, 0.3) is 0 Å². The van der Waals surface area contributed by atoms with Crippen LogP contribution in [-0.4, -0.2) is 43.5 Å². The van der Waals surface area contributed by atoms with Crippen LogP contribution in [-0.2, 0) is 11.3 Å². The van der Waals surface area contributed by atoms with E-state index in [2.05, 4.69) is 27.7 Å². The lowest BCUT2D eigenvalue weighted by molar-refractivity contribution is -0.117. The lowest BCUT2D eigenvalue weighted by atomic mass is 9.96. The number of methoxy groups -OCH3 is 1. The molecule has 2 aromatic rings. The molecular weight excluding hydrogens is 390 g/mol. The molecular formula is C25H31N3O3. The summed E-state index contributed by atoms with van der Waals surface area (Å²) in [6.45, 7) is 3.74. The Morgan fingerprint density at radius 2 is 1.65 bits per heavy atom. The zero-order valence-electron chi connectivity index (χ0n) is 18.1. The molecule has 2 aliphatic rings. The second-order valence-electron chi connectivity index (χ2n) is 8.62. The van der Waals surface area contributed by atoms with E-state index in [-0.39, 0.29) is 17.7 Å². The monoisotopic (exact) mass is 421 g/mol. The molecule has 0 bridgehead atoms. The average Bonchev–Trinajstić information content (AvgIpc) is 3.65. The van der Waals surface area contributed by atoms with E-state index in [4.69, 9.17) is 4.74 Å². The standard InChI is InChI=1S/C25H31N3O3/c1-31-23-10-2-19(3-11-23)17-28-14-12-18(13-15-28)16-26-24(29)20-6-8-22(9-7-20)27-25(30)21-4-5-21/h2-3,6-11,18,21H,4-5,12-17H2,1H3,(H,26,29)(H,27,30). The van der Waals surface area contributed by atoms with Crippen LogP contribution in [0.1, 0.15) is 41.6 Å². The summed E-state index contributed by atoms with van der Waals surface area (Å²) in [5, 5.41) is 5.97. The Morgan fingerprint density at radius 1 is 0.968 bits per heavy atom. The van der Waals surface area contributed by atoms with Gasteiger partial charge in [-0.25, -0.2) is 0 Å². The highest BCUT2D eigenvalue weighted by molar-refractivity contribution is 5.96. The van der Waals surface area contributed by atoms with Gasteiger partial charge in [0.2, 0.25) is 5.91 Å². The summed E-state index contributed by atoms with van der Waals surface area (Å²) in [5.41, 5.74) is 2.67.